The van der Waals surface area contributed by atoms with Gasteiger partial charge >= 0.3 is 0 Å². The lowest BCUT2D eigenvalue weighted by Crippen LogP contribution is -2.50. The SMILES string of the molecule is CCCNCC1(CN2CCCCC2C)CCOCC1. The van der Waals surface area contributed by atoms with Gasteiger partial charge in [-0.3, -0.25) is 0 Å². The Labute approximate surface area is 119 Å². The molecule has 0 radical (unpaired) electrons. The van der Waals surface area contributed by atoms with Gasteiger partial charge in [-0.25, -0.2) is 0 Å². The largest absolute Gasteiger partial charge is 0.381 e. The van der Waals surface area contributed by atoms with Crippen LogP contribution in [0.3, 0.4) is 0 Å². The first-order valence-electron chi connectivity index (χ1n) is 8.28. The van der Waals surface area contributed by atoms with E-state index in [4.69, 9.17) is 4.74 Å². The molecule has 112 valence electrons. The third-order valence-corrected chi connectivity index (χ3v) is 4.96. The molecule has 0 amide bonds. The molecule has 2 fully saturated rings. The lowest BCUT2D eigenvalue weighted by molar-refractivity contribution is -0.0154. The van der Waals surface area contributed by atoms with Gasteiger partial charge in [-0.05, 0) is 57.5 Å². The van der Waals surface area contributed by atoms with Crippen molar-refractivity contribution in [2.24, 2.45) is 5.41 Å². The van der Waals surface area contributed by atoms with Crippen molar-refractivity contribution in [1.82, 2.24) is 10.2 Å². The highest BCUT2D eigenvalue weighted by atomic mass is 16.5. The van der Waals surface area contributed by atoms with E-state index in [9.17, 15) is 0 Å². The van der Waals surface area contributed by atoms with Crippen LogP contribution < -0.4 is 5.32 Å². The number of hydrogen-bond donors (Lipinski definition) is 1. The van der Waals surface area contributed by atoms with E-state index in [0.29, 0.717) is 5.41 Å². The highest BCUT2D eigenvalue weighted by molar-refractivity contribution is 4.89. The number of piperidine rings is 1. The molecule has 2 aliphatic rings. The van der Waals surface area contributed by atoms with Gasteiger partial charge in [-0.2, -0.15) is 0 Å². The standard InChI is InChI=1S/C16H32N2O/c1-3-9-17-13-16(7-11-19-12-8-16)14-18-10-5-4-6-15(18)2/h15,17H,3-14H2,1-2H3. The molecule has 0 aromatic carbocycles. The molecule has 1 atom stereocenters. The first-order chi connectivity index (χ1) is 9.26. The zero-order valence-electron chi connectivity index (χ0n) is 12.9. The second-order valence-electron chi connectivity index (χ2n) is 6.60. The van der Waals surface area contributed by atoms with Crippen molar-refractivity contribution in [3.8, 4) is 0 Å². The fraction of sp³-hybridized carbons (Fsp3) is 1.00. The van der Waals surface area contributed by atoms with E-state index in [0.717, 1.165) is 25.8 Å². The molecule has 0 spiro atoms. The molecule has 0 bridgehead atoms. The Kier molecular flexibility index (Phi) is 6.11. The number of nitrogens with one attached hydrogen (secondary N) is 1. The van der Waals surface area contributed by atoms with Gasteiger partial charge in [0, 0.05) is 32.3 Å². The normalized spacial score (nSPS) is 28.4. The highest BCUT2D eigenvalue weighted by Crippen LogP contribution is 2.33. The van der Waals surface area contributed by atoms with Crippen LogP contribution in [0.1, 0.15) is 52.4 Å². The quantitative estimate of drug-likeness (QED) is 0.750. The van der Waals surface area contributed by atoms with Crippen LogP contribution >= 0.6 is 0 Å². The summed E-state index contributed by atoms with van der Waals surface area (Å²) in [5, 5.41) is 3.67. The summed E-state index contributed by atoms with van der Waals surface area (Å²) in [5.41, 5.74) is 0.457. The molecule has 0 aromatic heterocycles. The van der Waals surface area contributed by atoms with Crippen LogP contribution in [-0.4, -0.2) is 50.3 Å². The second-order valence-corrected chi connectivity index (χ2v) is 6.60. The van der Waals surface area contributed by atoms with Gasteiger partial charge in [0.25, 0.3) is 0 Å². The topological polar surface area (TPSA) is 24.5 Å². The van der Waals surface area contributed by atoms with Gasteiger partial charge in [0.1, 0.15) is 0 Å². The fourth-order valence-corrected chi connectivity index (χ4v) is 3.55. The van der Waals surface area contributed by atoms with Crippen molar-refractivity contribution in [2.75, 3.05) is 39.4 Å². The first kappa shape index (κ1) is 15.3. The van der Waals surface area contributed by atoms with Gasteiger partial charge < -0.3 is 15.0 Å². The van der Waals surface area contributed by atoms with E-state index >= 15 is 0 Å². The Morgan fingerprint density at radius 2 is 2.05 bits per heavy atom. The lowest BCUT2D eigenvalue weighted by Gasteiger charge is -2.44. The Bertz CT molecular complexity index is 251. The van der Waals surface area contributed by atoms with Crippen molar-refractivity contribution in [1.29, 1.82) is 0 Å². The smallest absolute Gasteiger partial charge is 0.0472 e. The van der Waals surface area contributed by atoms with Crippen LogP contribution in [0.5, 0.6) is 0 Å². The summed E-state index contributed by atoms with van der Waals surface area (Å²) in [4.78, 5) is 2.74. The van der Waals surface area contributed by atoms with E-state index in [1.165, 1.54) is 58.2 Å². The average molecular weight is 268 g/mol. The molecule has 2 aliphatic heterocycles. The molecular weight excluding hydrogens is 236 g/mol. The minimum absolute atomic E-state index is 0.457. The summed E-state index contributed by atoms with van der Waals surface area (Å²) < 4.78 is 5.60. The minimum atomic E-state index is 0.457. The molecule has 3 nitrogen and oxygen atoms in total. The summed E-state index contributed by atoms with van der Waals surface area (Å²) in [6.07, 6.45) is 7.88. The number of rotatable bonds is 6. The summed E-state index contributed by atoms with van der Waals surface area (Å²) in [6, 6.07) is 0.777. The molecular formula is C16H32N2O. The number of hydrogen-bond acceptors (Lipinski definition) is 3. The summed E-state index contributed by atoms with van der Waals surface area (Å²) in [5.74, 6) is 0. The first-order valence-corrected chi connectivity index (χ1v) is 8.28. The van der Waals surface area contributed by atoms with Gasteiger partial charge in [-0.1, -0.05) is 13.3 Å². The van der Waals surface area contributed by atoms with Crippen molar-refractivity contribution in [2.45, 2.75) is 58.4 Å². The van der Waals surface area contributed by atoms with E-state index in [1.54, 1.807) is 0 Å². The maximum atomic E-state index is 5.60. The molecule has 0 saturated carbocycles. The van der Waals surface area contributed by atoms with Crippen molar-refractivity contribution < 1.29 is 4.74 Å². The summed E-state index contributed by atoms with van der Waals surface area (Å²) in [6.45, 7) is 11.5. The lowest BCUT2D eigenvalue weighted by atomic mass is 9.78. The fourth-order valence-electron chi connectivity index (χ4n) is 3.55. The molecule has 19 heavy (non-hydrogen) atoms. The molecule has 0 aliphatic carbocycles. The van der Waals surface area contributed by atoms with Crippen molar-refractivity contribution in [3.63, 3.8) is 0 Å². The van der Waals surface area contributed by atoms with Gasteiger partial charge in [0.2, 0.25) is 0 Å². The van der Waals surface area contributed by atoms with Crippen LogP contribution in [0.25, 0.3) is 0 Å². The number of ether oxygens (including phenoxy) is 1. The van der Waals surface area contributed by atoms with Crippen LogP contribution in [-0.2, 0) is 4.74 Å². The number of likely N-dealkylation sites (tertiary alicyclic amines) is 1. The molecule has 2 heterocycles. The van der Waals surface area contributed by atoms with E-state index in [-0.39, 0.29) is 0 Å². The third kappa shape index (κ3) is 4.44. The van der Waals surface area contributed by atoms with E-state index in [2.05, 4.69) is 24.1 Å². The molecule has 2 saturated heterocycles. The molecule has 3 heteroatoms. The monoisotopic (exact) mass is 268 g/mol. The zero-order chi connectivity index (χ0) is 13.6. The van der Waals surface area contributed by atoms with Crippen LogP contribution in [0.15, 0.2) is 0 Å². The van der Waals surface area contributed by atoms with Gasteiger partial charge in [0.05, 0.1) is 0 Å². The zero-order valence-corrected chi connectivity index (χ0v) is 12.9. The Morgan fingerprint density at radius 1 is 1.26 bits per heavy atom. The molecule has 2 rings (SSSR count). The Balaban J connectivity index is 1.91. The predicted octanol–water partition coefficient (Wildman–Crippen LogP) is 2.66. The van der Waals surface area contributed by atoms with Crippen LogP contribution in [0.2, 0.25) is 0 Å². The van der Waals surface area contributed by atoms with E-state index in [1.807, 2.05) is 0 Å². The van der Waals surface area contributed by atoms with Gasteiger partial charge in [0.15, 0.2) is 0 Å². The maximum Gasteiger partial charge on any atom is 0.0472 e. The van der Waals surface area contributed by atoms with Crippen LogP contribution in [0.4, 0.5) is 0 Å². The third-order valence-electron chi connectivity index (χ3n) is 4.96. The summed E-state index contributed by atoms with van der Waals surface area (Å²) in [7, 11) is 0. The average Bonchev–Trinajstić information content (AvgIpc) is 2.43. The molecule has 1 N–H and O–H groups in total. The van der Waals surface area contributed by atoms with Crippen LogP contribution in [0, 0.1) is 5.41 Å². The molecule has 1 unspecified atom stereocenters. The summed E-state index contributed by atoms with van der Waals surface area (Å²) >= 11 is 0. The maximum absolute atomic E-state index is 5.60. The van der Waals surface area contributed by atoms with Gasteiger partial charge in [-0.15, -0.1) is 0 Å². The Hall–Kier alpha value is -0.120. The molecule has 0 aromatic rings. The Morgan fingerprint density at radius 3 is 2.74 bits per heavy atom. The van der Waals surface area contributed by atoms with E-state index < -0.39 is 0 Å². The second kappa shape index (κ2) is 7.61. The minimum Gasteiger partial charge on any atom is -0.381 e. The highest BCUT2D eigenvalue weighted by Gasteiger charge is 2.35. The van der Waals surface area contributed by atoms with Crippen molar-refractivity contribution in [3.05, 3.63) is 0 Å². The van der Waals surface area contributed by atoms with Crippen molar-refractivity contribution >= 4 is 0 Å². The predicted molar refractivity (Wildman–Crippen MR) is 80.5 cm³/mol. The number of nitrogens with zero attached hydrogens (tertiary/aromatic N) is 1.